The average molecular weight is 349 g/mol. The molecule has 0 radical (unpaired) electrons. The zero-order valence-electron chi connectivity index (χ0n) is 13.5. The maximum absolute atomic E-state index is 11.3. The highest BCUT2D eigenvalue weighted by Crippen LogP contribution is 2.18. The van der Waals surface area contributed by atoms with Crippen molar-refractivity contribution in [3.8, 4) is 11.8 Å². The fourth-order valence-corrected chi connectivity index (χ4v) is 1.46. The lowest BCUT2D eigenvalue weighted by Gasteiger charge is -2.08. The maximum Gasteiger partial charge on any atom is 0.534 e. The molecule has 1 aromatic heterocycles. The highest BCUT2D eigenvalue weighted by Gasteiger charge is 2.12. The molecular formula is C14H23NO9. The van der Waals surface area contributed by atoms with Crippen molar-refractivity contribution in [2.75, 3.05) is 60.0 Å². The fourth-order valence-electron chi connectivity index (χ4n) is 1.46. The Morgan fingerprint density at radius 3 is 1.83 bits per heavy atom. The van der Waals surface area contributed by atoms with Crippen molar-refractivity contribution < 1.29 is 43.5 Å². The molecule has 1 rings (SSSR count). The van der Waals surface area contributed by atoms with Crippen molar-refractivity contribution in [1.82, 2.24) is 4.73 Å². The van der Waals surface area contributed by atoms with E-state index in [0.717, 1.165) is 12.1 Å². The molecule has 0 aliphatic carbocycles. The van der Waals surface area contributed by atoms with E-state index in [4.69, 9.17) is 23.7 Å². The molecular weight excluding hydrogens is 326 g/mol. The minimum absolute atomic E-state index is 0.0399. The van der Waals surface area contributed by atoms with Crippen LogP contribution in [0.25, 0.3) is 0 Å². The topological polar surface area (TPSA) is 118 Å². The van der Waals surface area contributed by atoms with Crippen molar-refractivity contribution in [2.24, 2.45) is 0 Å². The number of hydrogen-bond acceptors (Lipinski definition) is 9. The van der Waals surface area contributed by atoms with Crippen molar-refractivity contribution in [1.29, 1.82) is 0 Å². The number of rotatable bonds is 13. The number of nitrogens with zero attached hydrogens (tertiary/aromatic N) is 1. The number of carbonyl (C=O) groups excluding carboxylic acids is 1. The second kappa shape index (κ2) is 12.4. The highest BCUT2D eigenvalue weighted by atomic mass is 16.8. The molecule has 0 aliphatic heterocycles. The number of hydrogen-bond donors (Lipinski definition) is 2. The molecule has 138 valence electrons. The predicted molar refractivity (Wildman–Crippen MR) is 80.0 cm³/mol. The van der Waals surface area contributed by atoms with Gasteiger partial charge in [0.2, 0.25) is 11.8 Å². The fraction of sp³-hybridized carbons (Fsp3) is 0.643. The molecule has 1 heterocycles. The zero-order chi connectivity index (χ0) is 17.6. The minimum atomic E-state index is -1.08. The largest absolute Gasteiger partial charge is 0.534 e. The van der Waals surface area contributed by atoms with E-state index >= 15 is 0 Å². The van der Waals surface area contributed by atoms with Crippen molar-refractivity contribution in [3.63, 3.8) is 0 Å². The number of aromatic hydroxyl groups is 2. The third-order valence-corrected chi connectivity index (χ3v) is 2.59. The van der Waals surface area contributed by atoms with Crippen LogP contribution in [0.3, 0.4) is 0 Å². The first-order chi connectivity index (χ1) is 11.6. The summed E-state index contributed by atoms with van der Waals surface area (Å²) in [6.07, 6.45) is -1.08. The van der Waals surface area contributed by atoms with E-state index < -0.39 is 17.9 Å². The Labute approximate surface area is 139 Å². The summed E-state index contributed by atoms with van der Waals surface area (Å²) in [5.74, 6) is -0.854. The van der Waals surface area contributed by atoms with Gasteiger partial charge < -0.3 is 33.9 Å². The summed E-state index contributed by atoms with van der Waals surface area (Å²) in [5, 5.41) is 18.5. The van der Waals surface area contributed by atoms with Crippen LogP contribution in [-0.2, 0) is 23.7 Å². The van der Waals surface area contributed by atoms with Gasteiger partial charge in [0.05, 0.1) is 46.2 Å². The number of carbonyl (C=O) groups is 1. The Morgan fingerprint density at radius 1 is 0.875 bits per heavy atom. The summed E-state index contributed by atoms with van der Waals surface area (Å²) >= 11 is 0. The van der Waals surface area contributed by atoms with E-state index in [9.17, 15) is 15.0 Å². The Kier molecular flexibility index (Phi) is 10.4. The first-order valence-corrected chi connectivity index (χ1v) is 7.32. The highest BCUT2D eigenvalue weighted by molar-refractivity contribution is 5.60. The van der Waals surface area contributed by atoms with E-state index in [0.29, 0.717) is 44.4 Å². The zero-order valence-corrected chi connectivity index (χ0v) is 13.5. The van der Waals surface area contributed by atoms with Gasteiger partial charge in [0.1, 0.15) is 6.61 Å². The number of ether oxygens (including phenoxy) is 5. The first-order valence-electron chi connectivity index (χ1n) is 7.32. The predicted octanol–water partition coefficient (Wildman–Crippen LogP) is 0.161. The molecule has 0 unspecified atom stereocenters. The Bertz CT molecular complexity index is 444. The molecule has 24 heavy (non-hydrogen) atoms. The lowest BCUT2D eigenvalue weighted by Crippen LogP contribution is -2.22. The van der Waals surface area contributed by atoms with E-state index in [1.807, 2.05) is 0 Å². The van der Waals surface area contributed by atoms with Gasteiger partial charge in [0.15, 0.2) is 0 Å². The van der Waals surface area contributed by atoms with Gasteiger partial charge in [-0.15, -0.1) is 4.73 Å². The SMILES string of the molecule is COCCOCCOCCOCCOC(=O)On1c(O)ccc1O. The summed E-state index contributed by atoms with van der Waals surface area (Å²) < 4.78 is 25.7. The average Bonchev–Trinajstić information content (AvgIpc) is 2.88. The molecule has 0 amide bonds. The van der Waals surface area contributed by atoms with Crippen LogP contribution in [0.1, 0.15) is 0 Å². The smallest absolute Gasteiger partial charge is 0.492 e. The van der Waals surface area contributed by atoms with Gasteiger partial charge in [0.25, 0.3) is 0 Å². The molecule has 0 bridgehead atoms. The third-order valence-electron chi connectivity index (χ3n) is 2.59. The van der Waals surface area contributed by atoms with Crippen LogP contribution in [0.2, 0.25) is 0 Å². The van der Waals surface area contributed by atoms with Gasteiger partial charge in [-0.1, -0.05) is 0 Å². The molecule has 0 fully saturated rings. The van der Waals surface area contributed by atoms with Crippen LogP contribution in [0.4, 0.5) is 4.79 Å². The van der Waals surface area contributed by atoms with E-state index in [1.165, 1.54) is 0 Å². The van der Waals surface area contributed by atoms with Gasteiger partial charge in [-0.2, -0.15) is 0 Å². The van der Waals surface area contributed by atoms with Crippen molar-refractivity contribution in [3.05, 3.63) is 12.1 Å². The van der Waals surface area contributed by atoms with Gasteiger partial charge in [-0.3, -0.25) is 4.84 Å². The molecule has 10 nitrogen and oxygen atoms in total. The number of aromatic nitrogens is 1. The monoisotopic (exact) mass is 349 g/mol. The second-order valence-electron chi connectivity index (χ2n) is 4.36. The van der Waals surface area contributed by atoms with E-state index in [-0.39, 0.29) is 13.2 Å². The summed E-state index contributed by atoms with van der Waals surface area (Å²) in [7, 11) is 1.61. The molecule has 0 saturated heterocycles. The van der Waals surface area contributed by atoms with Crippen LogP contribution in [-0.4, -0.2) is 81.1 Å². The van der Waals surface area contributed by atoms with Gasteiger partial charge in [-0.05, 0) is 0 Å². The molecule has 1 aromatic rings. The third kappa shape index (κ3) is 8.58. The van der Waals surface area contributed by atoms with Crippen molar-refractivity contribution in [2.45, 2.75) is 0 Å². The summed E-state index contributed by atoms with van der Waals surface area (Å²) in [6, 6.07) is 2.32. The number of methoxy groups -OCH3 is 1. The van der Waals surface area contributed by atoms with Crippen LogP contribution >= 0.6 is 0 Å². The molecule has 0 atom stereocenters. The Hall–Kier alpha value is -2.01. The van der Waals surface area contributed by atoms with Crippen LogP contribution in [0, 0.1) is 0 Å². The van der Waals surface area contributed by atoms with E-state index in [1.54, 1.807) is 7.11 Å². The normalized spacial score (nSPS) is 10.7. The maximum atomic E-state index is 11.3. The summed E-state index contributed by atoms with van der Waals surface area (Å²) in [4.78, 5) is 15.9. The minimum Gasteiger partial charge on any atom is -0.492 e. The Balaban J connectivity index is 1.91. The lowest BCUT2D eigenvalue weighted by molar-refractivity contribution is -0.0109. The molecule has 0 aromatic carbocycles. The molecule has 0 aliphatic rings. The molecule has 2 N–H and O–H groups in total. The van der Waals surface area contributed by atoms with Gasteiger partial charge in [-0.25, -0.2) is 4.79 Å². The standard InChI is InChI=1S/C14H23NO9/c1-19-4-5-20-6-7-21-8-9-22-10-11-23-14(18)24-15-12(16)2-3-13(15)17/h2-3,16-17H,4-11H2,1H3. The summed E-state index contributed by atoms with van der Waals surface area (Å²) in [5.41, 5.74) is 0. The van der Waals surface area contributed by atoms with Crippen LogP contribution in [0.15, 0.2) is 12.1 Å². The van der Waals surface area contributed by atoms with Gasteiger partial charge >= 0.3 is 6.16 Å². The summed E-state index contributed by atoms with van der Waals surface area (Å²) in [6.45, 7) is 2.88. The Morgan fingerprint density at radius 2 is 1.33 bits per heavy atom. The van der Waals surface area contributed by atoms with Gasteiger partial charge in [0, 0.05) is 19.2 Å². The van der Waals surface area contributed by atoms with Crippen LogP contribution < -0.4 is 4.84 Å². The second-order valence-corrected chi connectivity index (χ2v) is 4.36. The molecule has 0 saturated carbocycles. The lowest BCUT2D eigenvalue weighted by atomic mass is 10.6. The quantitative estimate of drug-likeness (QED) is 0.379. The van der Waals surface area contributed by atoms with E-state index in [2.05, 4.69) is 4.84 Å². The molecule has 10 heteroatoms. The molecule has 0 spiro atoms. The first kappa shape index (κ1) is 20.0. The van der Waals surface area contributed by atoms with Crippen LogP contribution in [0.5, 0.6) is 11.8 Å². The van der Waals surface area contributed by atoms with Crippen molar-refractivity contribution >= 4 is 6.16 Å².